The number of hydrogen-bond acceptors (Lipinski definition) is 3. The maximum atomic E-state index is 12.4. The maximum Gasteiger partial charge on any atom is 0.139 e. The van der Waals surface area contributed by atoms with Crippen molar-refractivity contribution in [1.29, 1.82) is 0 Å². The Morgan fingerprint density at radius 2 is 2.12 bits per heavy atom. The third-order valence-corrected chi connectivity index (χ3v) is 5.05. The summed E-state index contributed by atoms with van der Waals surface area (Å²) in [6.45, 7) is 6.06. The van der Waals surface area contributed by atoms with Crippen LogP contribution in [0.3, 0.4) is 0 Å². The summed E-state index contributed by atoms with van der Waals surface area (Å²) >= 11 is 0. The van der Waals surface area contributed by atoms with Crippen molar-refractivity contribution >= 4 is 11.5 Å². The number of carbonyl (C=O) groups excluding carboxylic acids is 1. The Kier molecular flexibility index (Phi) is 8.07. The molecule has 0 aromatic heterocycles. The second kappa shape index (κ2) is 10.3. The third-order valence-electron chi connectivity index (χ3n) is 5.05. The maximum absolute atomic E-state index is 12.4. The fourth-order valence-electron chi connectivity index (χ4n) is 3.49. The van der Waals surface area contributed by atoms with Gasteiger partial charge in [0.25, 0.3) is 0 Å². The fraction of sp³-hybridized carbons (Fsp3) is 0.545. The van der Waals surface area contributed by atoms with Gasteiger partial charge in [-0.1, -0.05) is 38.2 Å². The van der Waals surface area contributed by atoms with E-state index in [4.69, 9.17) is 9.73 Å². The minimum absolute atomic E-state index is 0.193. The highest BCUT2D eigenvalue weighted by molar-refractivity contribution is 5.96. The van der Waals surface area contributed by atoms with Crippen LogP contribution in [-0.2, 0) is 9.53 Å². The smallest absolute Gasteiger partial charge is 0.139 e. The van der Waals surface area contributed by atoms with Crippen LogP contribution in [0, 0.1) is 5.92 Å². The predicted octanol–water partition coefficient (Wildman–Crippen LogP) is 5.35. The van der Waals surface area contributed by atoms with Crippen molar-refractivity contribution in [2.24, 2.45) is 10.9 Å². The van der Waals surface area contributed by atoms with Gasteiger partial charge in [0.1, 0.15) is 5.78 Å². The SMILES string of the molecule is C=CC1=C(/C=C\CC(=O)C2CCC(OC)CC2)N=C(CCC)C=CC1. The molecular weight excluding hydrogens is 310 g/mol. The van der Waals surface area contributed by atoms with E-state index in [2.05, 4.69) is 25.7 Å². The molecule has 2 rings (SSSR count). The molecule has 0 atom stereocenters. The second-order valence-electron chi connectivity index (χ2n) is 6.86. The first kappa shape index (κ1) is 19.6. The van der Waals surface area contributed by atoms with Crippen molar-refractivity contribution in [2.75, 3.05) is 7.11 Å². The van der Waals surface area contributed by atoms with Gasteiger partial charge in [-0.3, -0.25) is 9.79 Å². The predicted molar refractivity (Wildman–Crippen MR) is 105 cm³/mol. The van der Waals surface area contributed by atoms with E-state index >= 15 is 0 Å². The van der Waals surface area contributed by atoms with Gasteiger partial charge in [0.15, 0.2) is 0 Å². The van der Waals surface area contributed by atoms with Crippen molar-refractivity contribution in [2.45, 2.75) is 64.4 Å². The first-order chi connectivity index (χ1) is 12.2. The molecule has 136 valence electrons. The summed E-state index contributed by atoms with van der Waals surface area (Å²) in [5.74, 6) is 0.537. The van der Waals surface area contributed by atoms with Gasteiger partial charge in [0, 0.05) is 25.2 Å². The Balaban J connectivity index is 1.97. The summed E-state index contributed by atoms with van der Waals surface area (Å²) in [5.41, 5.74) is 3.16. The normalized spacial score (nSPS) is 24.3. The average Bonchev–Trinajstić information content (AvgIpc) is 2.83. The Bertz CT molecular complexity index is 587. The highest BCUT2D eigenvalue weighted by Gasteiger charge is 2.25. The first-order valence-electron chi connectivity index (χ1n) is 9.49. The molecule has 1 aliphatic heterocycles. The standard InChI is InChI=1S/C22H31NO2/c1-4-8-19-10-6-9-17(5-2)21(23-19)11-7-12-22(24)18-13-15-20(25-3)16-14-18/h5-7,10-11,18,20H,2,4,8-9,12-16H2,1,3H3/b11-7-. The number of nitrogens with zero attached hydrogens (tertiary/aromatic N) is 1. The number of carbonyl (C=O) groups is 1. The molecule has 1 saturated carbocycles. The molecule has 3 nitrogen and oxygen atoms in total. The number of ketones is 1. The molecule has 0 bridgehead atoms. The highest BCUT2D eigenvalue weighted by atomic mass is 16.5. The van der Waals surface area contributed by atoms with Crippen LogP contribution >= 0.6 is 0 Å². The summed E-state index contributed by atoms with van der Waals surface area (Å²) in [5, 5.41) is 0. The van der Waals surface area contributed by atoms with Crippen molar-refractivity contribution in [3.8, 4) is 0 Å². The van der Waals surface area contributed by atoms with E-state index in [0.717, 1.165) is 61.9 Å². The summed E-state index contributed by atoms with van der Waals surface area (Å²) < 4.78 is 5.38. The van der Waals surface area contributed by atoms with Gasteiger partial charge in [-0.2, -0.15) is 0 Å². The highest BCUT2D eigenvalue weighted by Crippen LogP contribution is 2.27. The molecule has 25 heavy (non-hydrogen) atoms. The zero-order chi connectivity index (χ0) is 18.1. The minimum atomic E-state index is 0.193. The summed E-state index contributed by atoms with van der Waals surface area (Å²) in [4.78, 5) is 17.2. The van der Waals surface area contributed by atoms with E-state index in [0.29, 0.717) is 18.3 Å². The van der Waals surface area contributed by atoms with Gasteiger partial charge in [-0.25, -0.2) is 0 Å². The second-order valence-corrected chi connectivity index (χ2v) is 6.86. The van der Waals surface area contributed by atoms with Gasteiger partial charge in [0.2, 0.25) is 0 Å². The number of aliphatic imine (C=N–C) groups is 1. The molecule has 1 heterocycles. The van der Waals surface area contributed by atoms with Crippen LogP contribution in [0.25, 0.3) is 0 Å². The Hall–Kier alpha value is -1.74. The van der Waals surface area contributed by atoms with E-state index in [1.165, 1.54) is 0 Å². The van der Waals surface area contributed by atoms with Crippen molar-refractivity contribution in [3.63, 3.8) is 0 Å². The van der Waals surface area contributed by atoms with Gasteiger partial charge >= 0.3 is 0 Å². The number of methoxy groups -OCH3 is 1. The molecule has 3 heteroatoms. The number of allylic oxidation sites excluding steroid dienone is 6. The fourth-order valence-corrected chi connectivity index (χ4v) is 3.49. The number of rotatable bonds is 8. The van der Waals surface area contributed by atoms with Crippen LogP contribution in [0.1, 0.15) is 58.3 Å². The molecule has 0 radical (unpaired) electrons. The number of Topliss-reactive ketones (excluding diaryl/α,β-unsaturated/α-hetero) is 1. The molecule has 1 aliphatic carbocycles. The molecule has 0 amide bonds. The van der Waals surface area contributed by atoms with Gasteiger partial charge in [-0.15, -0.1) is 0 Å². The molecule has 1 fully saturated rings. The van der Waals surface area contributed by atoms with Crippen LogP contribution in [0.4, 0.5) is 0 Å². The molecular formula is C22H31NO2. The quantitative estimate of drug-likeness (QED) is 0.597. The lowest BCUT2D eigenvalue weighted by molar-refractivity contribution is -0.123. The Morgan fingerprint density at radius 3 is 2.76 bits per heavy atom. The summed E-state index contributed by atoms with van der Waals surface area (Å²) in [6.07, 6.45) is 17.7. The van der Waals surface area contributed by atoms with Crippen LogP contribution < -0.4 is 0 Å². The topological polar surface area (TPSA) is 38.7 Å². The average molecular weight is 341 g/mol. The summed E-state index contributed by atoms with van der Waals surface area (Å²) in [7, 11) is 1.76. The van der Waals surface area contributed by atoms with Crippen molar-refractivity contribution in [3.05, 3.63) is 48.2 Å². The van der Waals surface area contributed by atoms with Crippen molar-refractivity contribution < 1.29 is 9.53 Å². The van der Waals surface area contributed by atoms with Crippen molar-refractivity contribution in [1.82, 2.24) is 0 Å². The third kappa shape index (κ3) is 5.93. The molecule has 0 aromatic rings. The molecule has 0 unspecified atom stereocenters. The Morgan fingerprint density at radius 1 is 1.36 bits per heavy atom. The van der Waals surface area contributed by atoms with Gasteiger partial charge < -0.3 is 4.74 Å². The Labute approximate surface area is 152 Å². The van der Waals surface area contributed by atoms with E-state index in [-0.39, 0.29) is 5.92 Å². The lowest BCUT2D eigenvalue weighted by Gasteiger charge is -2.26. The molecule has 0 spiro atoms. The van der Waals surface area contributed by atoms with Crippen LogP contribution in [-0.4, -0.2) is 24.7 Å². The van der Waals surface area contributed by atoms with Gasteiger partial charge in [-0.05, 0) is 56.3 Å². The number of ether oxygens (including phenoxy) is 1. The van der Waals surface area contributed by atoms with Crippen LogP contribution in [0.2, 0.25) is 0 Å². The molecule has 0 aromatic carbocycles. The van der Waals surface area contributed by atoms with E-state index in [1.807, 2.05) is 18.2 Å². The zero-order valence-electron chi connectivity index (χ0n) is 15.7. The first-order valence-corrected chi connectivity index (χ1v) is 9.49. The molecule has 2 aliphatic rings. The van der Waals surface area contributed by atoms with Gasteiger partial charge in [0.05, 0.1) is 11.8 Å². The lowest BCUT2D eigenvalue weighted by Crippen LogP contribution is -2.25. The van der Waals surface area contributed by atoms with Crippen LogP contribution in [0.5, 0.6) is 0 Å². The van der Waals surface area contributed by atoms with E-state index < -0.39 is 0 Å². The largest absolute Gasteiger partial charge is 0.381 e. The summed E-state index contributed by atoms with van der Waals surface area (Å²) in [6, 6.07) is 0. The lowest BCUT2D eigenvalue weighted by atomic mass is 9.83. The minimum Gasteiger partial charge on any atom is -0.381 e. The zero-order valence-corrected chi connectivity index (χ0v) is 15.7. The molecule has 0 saturated heterocycles. The number of hydrogen-bond donors (Lipinski definition) is 0. The molecule has 0 N–H and O–H groups in total. The van der Waals surface area contributed by atoms with Crippen LogP contribution in [0.15, 0.2) is 53.2 Å². The van der Waals surface area contributed by atoms with E-state index in [1.54, 1.807) is 7.11 Å². The monoisotopic (exact) mass is 341 g/mol. The van der Waals surface area contributed by atoms with E-state index in [9.17, 15) is 4.79 Å².